The zero-order valence-electron chi connectivity index (χ0n) is 16.8. The maximum atomic E-state index is 12.9. The molecule has 0 bridgehead atoms. The second-order valence-corrected chi connectivity index (χ2v) is 9.07. The molecule has 5 rings (SSSR count). The third-order valence-electron chi connectivity index (χ3n) is 5.98. The van der Waals surface area contributed by atoms with Gasteiger partial charge < -0.3 is 19.0 Å². The van der Waals surface area contributed by atoms with Crippen molar-refractivity contribution in [2.75, 3.05) is 26.2 Å². The van der Waals surface area contributed by atoms with E-state index >= 15 is 0 Å². The van der Waals surface area contributed by atoms with E-state index in [1.165, 1.54) is 0 Å². The van der Waals surface area contributed by atoms with E-state index in [1.807, 2.05) is 0 Å². The van der Waals surface area contributed by atoms with Crippen LogP contribution in [0, 0.1) is 11.8 Å². The van der Waals surface area contributed by atoms with Gasteiger partial charge in [0, 0.05) is 53.6 Å². The maximum absolute atomic E-state index is 12.9. The highest BCUT2D eigenvalue weighted by atomic mass is 35.5. The number of amides is 2. The van der Waals surface area contributed by atoms with Crippen LogP contribution >= 0.6 is 23.2 Å². The summed E-state index contributed by atoms with van der Waals surface area (Å²) in [6.45, 7) is 2.29. The lowest BCUT2D eigenvalue weighted by atomic mass is 10.0. The van der Waals surface area contributed by atoms with Crippen molar-refractivity contribution in [1.82, 2.24) is 14.8 Å². The normalized spacial score (nSPS) is 20.1. The highest BCUT2D eigenvalue weighted by molar-refractivity contribution is 6.34. The number of nitrogens with zero attached hydrogens (tertiary/aromatic N) is 2. The fourth-order valence-electron chi connectivity index (χ4n) is 4.50. The molecule has 2 saturated heterocycles. The van der Waals surface area contributed by atoms with Gasteiger partial charge in [0.25, 0.3) is 5.91 Å². The summed E-state index contributed by atoms with van der Waals surface area (Å²) < 4.78 is 10.5. The van der Waals surface area contributed by atoms with Crippen molar-refractivity contribution in [1.29, 1.82) is 0 Å². The van der Waals surface area contributed by atoms with Gasteiger partial charge in [-0.1, -0.05) is 23.2 Å². The predicted molar refractivity (Wildman–Crippen MR) is 118 cm³/mol. The van der Waals surface area contributed by atoms with Gasteiger partial charge >= 0.3 is 11.8 Å². The Morgan fingerprint density at radius 2 is 1.66 bits per heavy atom. The first-order chi connectivity index (χ1) is 15.4. The number of nitrogens with one attached hydrogen (secondary N) is 1. The molecule has 8 nitrogen and oxygen atoms in total. The fourth-order valence-corrected chi connectivity index (χ4v) is 5.07. The van der Waals surface area contributed by atoms with Crippen molar-refractivity contribution < 1.29 is 18.7 Å². The molecule has 0 radical (unpaired) electrons. The van der Waals surface area contributed by atoms with Crippen LogP contribution < -0.4 is 5.76 Å². The van der Waals surface area contributed by atoms with E-state index in [-0.39, 0.29) is 30.4 Å². The molecule has 10 heteroatoms. The molecule has 3 heterocycles. The number of hydrogen-bond donors (Lipinski definition) is 1. The summed E-state index contributed by atoms with van der Waals surface area (Å²) in [4.78, 5) is 42.8. The molecule has 3 aromatic rings. The summed E-state index contributed by atoms with van der Waals surface area (Å²) in [5, 5.41) is 0.976. The number of oxazole rings is 1. The molecular weight excluding hydrogens is 457 g/mol. The molecule has 2 fully saturated rings. The SMILES string of the molecule is O=C(OCc1cc(Cl)cc(Cl)c1)N1C[C@@H]2CN(C(=O)c3ccc4[nH]c(=O)oc4c3)C[C@H]2C1. The van der Waals surface area contributed by atoms with Crippen LogP contribution in [0.3, 0.4) is 0 Å². The lowest BCUT2D eigenvalue weighted by molar-refractivity contribution is 0.0764. The van der Waals surface area contributed by atoms with E-state index in [4.69, 9.17) is 32.4 Å². The van der Waals surface area contributed by atoms with Gasteiger partial charge in [-0.25, -0.2) is 9.59 Å². The van der Waals surface area contributed by atoms with Crippen LogP contribution in [0.5, 0.6) is 0 Å². The Hall–Kier alpha value is -2.97. The smallest absolute Gasteiger partial charge is 0.417 e. The van der Waals surface area contributed by atoms with E-state index in [2.05, 4.69) is 4.98 Å². The number of carbonyl (C=O) groups excluding carboxylic acids is 2. The number of ether oxygens (including phenoxy) is 1. The maximum Gasteiger partial charge on any atom is 0.417 e. The number of fused-ring (bicyclic) bond motifs is 2. The largest absolute Gasteiger partial charge is 0.445 e. The molecule has 1 aromatic heterocycles. The van der Waals surface area contributed by atoms with E-state index in [1.54, 1.807) is 46.2 Å². The molecule has 1 N–H and O–H groups in total. The molecule has 2 aromatic carbocycles. The molecule has 2 atom stereocenters. The lowest BCUT2D eigenvalue weighted by Crippen LogP contribution is -2.35. The van der Waals surface area contributed by atoms with Crippen molar-refractivity contribution >= 4 is 46.3 Å². The van der Waals surface area contributed by atoms with Crippen LogP contribution in [-0.2, 0) is 11.3 Å². The van der Waals surface area contributed by atoms with Gasteiger partial charge in [0.2, 0.25) is 0 Å². The number of hydrogen-bond acceptors (Lipinski definition) is 5. The summed E-state index contributed by atoms with van der Waals surface area (Å²) >= 11 is 12.0. The number of H-pyrrole nitrogens is 1. The number of likely N-dealkylation sites (tertiary alicyclic amines) is 2. The second-order valence-electron chi connectivity index (χ2n) is 8.19. The number of halogens is 2. The Bertz CT molecular complexity index is 1240. The summed E-state index contributed by atoms with van der Waals surface area (Å²) in [6, 6.07) is 9.95. The lowest BCUT2D eigenvalue weighted by Gasteiger charge is -2.21. The zero-order chi connectivity index (χ0) is 22.4. The third kappa shape index (κ3) is 4.08. The fraction of sp³-hybridized carbons (Fsp3) is 0.318. The number of aromatic nitrogens is 1. The first-order valence-electron chi connectivity index (χ1n) is 10.1. The Labute approximate surface area is 192 Å². The molecule has 0 unspecified atom stereocenters. The van der Waals surface area contributed by atoms with Crippen molar-refractivity contribution in [3.63, 3.8) is 0 Å². The van der Waals surface area contributed by atoms with Crippen LogP contribution in [0.4, 0.5) is 4.79 Å². The number of aromatic amines is 1. The van der Waals surface area contributed by atoms with Crippen LogP contribution in [-0.4, -0.2) is 53.0 Å². The molecule has 166 valence electrons. The van der Waals surface area contributed by atoms with Crippen molar-refractivity contribution in [3.8, 4) is 0 Å². The van der Waals surface area contributed by atoms with Crippen LogP contribution in [0.25, 0.3) is 11.1 Å². The highest BCUT2D eigenvalue weighted by Gasteiger charge is 2.43. The van der Waals surface area contributed by atoms with Crippen molar-refractivity contribution in [2.24, 2.45) is 11.8 Å². The first kappa shape index (κ1) is 20.9. The molecule has 2 aliphatic heterocycles. The average molecular weight is 476 g/mol. The minimum absolute atomic E-state index is 0.0906. The van der Waals surface area contributed by atoms with Gasteiger partial charge in [-0.05, 0) is 42.0 Å². The number of carbonyl (C=O) groups is 2. The minimum atomic E-state index is -0.550. The summed E-state index contributed by atoms with van der Waals surface area (Å²) in [5.41, 5.74) is 2.10. The highest BCUT2D eigenvalue weighted by Crippen LogP contribution is 2.32. The number of rotatable bonds is 3. The first-order valence-corrected chi connectivity index (χ1v) is 10.9. The van der Waals surface area contributed by atoms with Crippen LogP contribution in [0.1, 0.15) is 15.9 Å². The van der Waals surface area contributed by atoms with Gasteiger partial charge in [0.1, 0.15) is 6.61 Å². The summed E-state index contributed by atoms with van der Waals surface area (Å²) in [6.07, 6.45) is -0.388. The molecule has 0 aliphatic carbocycles. The zero-order valence-corrected chi connectivity index (χ0v) is 18.4. The second kappa shape index (κ2) is 8.18. The molecule has 32 heavy (non-hydrogen) atoms. The molecular formula is C22H19Cl2N3O5. The standard InChI is InChI=1S/C22H19Cl2N3O5/c23-16-3-12(4-17(24)6-16)11-31-22(30)27-9-14-7-26(8-15(14)10-27)20(28)13-1-2-18-19(5-13)32-21(29)25-18/h1-6,14-15H,7-11H2,(H,25,29)/t14-,15-/m0/s1. The van der Waals surface area contributed by atoms with Crippen molar-refractivity contribution in [3.05, 3.63) is 68.1 Å². The third-order valence-corrected chi connectivity index (χ3v) is 6.42. The monoisotopic (exact) mass is 475 g/mol. The van der Waals surface area contributed by atoms with Gasteiger partial charge in [-0.3, -0.25) is 9.78 Å². The Kier molecular flexibility index (Phi) is 5.35. The van der Waals surface area contributed by atoms with E-state index in [0.29, 0.717) is 52.9 Å². The van der Waals surface area contributed by atoms with Crippen LogP contribution in [0.2, 0.25) is 10.0 Å². The summed E-state index contributed by atoms with van der Waals surface area (Å²) in [5.74, 6) is -0.273. The van der Waals surface area contributed by atoms with E-state index in [9.17, 15) is 14.4 Å². The van der Waals surface area contributed by atoms with Gasteiger partial charge in [-0.15, -0.1) is 0 Å². The topological polar surface area (TPSA) is 95.9 Å². The quantitative estimate of drug-likeness (QED) is 0.621. The Balaban J connectivity index is 1.17. The van der Waals surface area contributed by atoms with Gasteiger partial charge in [0.15, 0.2) is 5.58 Å². The minimum Gasteiger partial charge on any atom is -0.445 e. The Morgan fingerprint density at radius 1 is 1.00 bits per heavy atom. The molecule has 2 amide bonds. The molecule has 0 spiro atoms. The van der Waals surface area contributed by atoms with Gasteiger partial charge in [0.05, 0.1) is 5.52 Å². The molecule has 2 aliphatic rings. The predicted octanol–water partition coefficient (Wildman–Crippen LogP) is 3.77. The Morgan fingerprint density at radius 3 is 2.34 bits per heavy atom. The summed E-state index contributed by atoms with van der Waals surface area (Å²) in [7, 11) is 0. The van der Waals surface area contributed by atoms with Crippen LogP contribution in [0.15, 0.2) is 45.6 Å². The molecule has 0 saturated carbocycles. The number of benzene rings is 2. The van der Waals surface area contributed by atoms with Gasteiger partial charge in [-0.2, -0.15) is 0 Å². The van der Waals surface area contributed by atoms with Crippen molar-refractivity contribution in [2.45, 2.75) is 6.61 Å². The average Bonchev–Trinajstić information content (AvgIpc) is 3.42. The van der Waals surface area contributed by atoms with E-state index in [0.717, 1.165) is 5.56 Å². The van der Waals surface area contributed by atoms with E-state index < -0.39 is 5.76 Å².